The van der Waals surface area contributed by atoms with Gasteiger partial charge in [-0.1, -0.05) is 13.0 Å². The van der Waals surface area contributed by atoms with E-state index in [1.165, 1.54) is 6.08 Å². The summed E-state index contributed by atoms with van der Waals surface area (Å²) in [6.07, 6.45) is 2.63. The summed E-state index contributed by atoms with van der Waals surface area (Å²) in [7, 11) is 0. The van der Waals surface area contributed by atoms with Gasteiger partial charge < -0.3 is 9.73 Å². The third-order valence-corrected chi connectivity index (χ3v) is 4.54. The van der Waals surface area contributed by atoms with Gasteiger partial charge in [-0.15, -0.1) is 0 Å². The highest BCUT2D eigenvalue weighted by Crippen LogP contribution is 2.47. The lowest BCUT2D eigenvalue weighted by molar-refractivity contribution is -0.112. The molecule has 0 saturated heterocycles. The van der Waals surface area contributed by atoms with Crippen LogP contribution in [0.4, 0.5) is 5.69 Å². The minimum absolute atomic E-state index is 0.0259. The Hall–Kier alpha value is -2.80. The second kappa shape index (κ2) is 6.37. The number of aryl methyl sites for hydroxylation is 2. The Kier molecular flexibility index (Phi) is 4.26. The van der Waals surface area contributed by atoms with Gasteiger partial charge in [0, 0.05) is 17.7 Å². The quantitative estimate of drug-likeness (QED) is 0.663. The van der Waals surface area contributed by atoms with E-state index in [0.717, 1.165) is 23.3 Å². The highest BCUT2D eigenvalue weighted by Gasteiger charge is 2.36. The summed E-state index contributed by atoms with van der Waals surface area (Å²) in [5.41, 5.74) is 2.94. The molecule has 122 valence electrons. The molecule has 1 aliphatic rings. The number of hydrogen-bond donors (Lipinski definition) is 1. The van der Waals surface area contributed by atoms with Crippen molar-refractivity contribution in [3.63, 3.8) is 0 Å². The van der Waals surface area contributed by atoms with Crippen molar-refractivity contribution >= 4 is 17.7 Å². The van der Waals surface area contributed by atoms with Crippen LogP contribution in [0.3, 0.4) is 0 Å². The Morgan fingerprint density at radius 1 is 1.29 bits per heavy atom. The number of amides is 1. The number of rotatable bonds is 4. The molecule has 1 aromatic carbocycles. The summed E-state index contributed by atoms with van der Waals surface area (Å²) in [5, 5.41) is 12.0. The molecular formula is C20H20N2O2. The zero-order chi connectivity index (χ0) is 17.3. The predicted molar refractivity (Wildman–Crippen MR) is 93.4 cm³/mol. The largest absolute Gasteiger partial charge is 0.461 e. The lowest BCUT2D eigenvalue weighted by atomic mass is 10.1. The molecule has 4 nitrogen and oxygen atoms in total. The van der Waals surface area contributed by atoms with Gasteiger partial charge in [0.1, 0.15) is 23.2 Å². The number of nitrogens with one attached hydrogen (secondary N) is 1. The SMILES string of the molecule is Cc1ccc(NC(=O)/C(C#N)=C/c2ccc([C@@H]3C[C@H]3C)o2)cc1C. The van der Waals surface area contributed by atoms with E-state index in [2.05, 4.69) is 12.2 Å². The highest BCUT2D eigenvalue weighted by molar-refractivity contribution is 6.09. The van der Waals surface area contributed by atoms with E-state index >= 15 is 0 Å². The van der Waals surface area contributed by atoms with Crippen molar-refractivity contribution in [2.45, 2.75) is 33.1 Å². The first-order chi connectivity index (χ1) is 11.5. The van der Waals surface area contributed by atoms with E-state index < -0.39 is 5.91 Å². The van der Waals surface area contributed by atoms with Crippen LogP contribution < -0.4 is 5.32 Å². The number of hydrogen-bond acceptors (Lipinski definition) is 3. The minimum Gasteiger partial charge on any atom is -0.461 e. The molecule has 2 atom stereocenters. The van der Waals surface area contributed by atoms with Gasteiger partial charge in [-0.2, -0.15) is 5.26 Å². The van der Waals surface area contributed by atoms with Gasteiger partial charge >= 0.3 is 0 Å². The fourth-order valence-corrected chi connectivity index (χ4v) is 2.67. The number of furan rings is 1. The standard InChI is InChI=1S/C20H20N2O2/c1-12-4-5-16(8-13(12)2)22-20(23)15(11-21)10-17-6-7-19(24-17)18-9-14(18)3/h4-8,10,14,18H,9H2,1-3H3,(H,22,23)/b15-10+/t14-,18-/m1/s1. The number of benzene rings is 1. The smallest absolute Gasteiger partial charge is 0.266 e. The summed E-state index contributed by atoms with van der Waals surface area (Å²) in [4.78, 5) is 12.3. The molecule has 1 saturated carbocycles. The van der Waals surface area contributed by atoms with Crippen LogP contribution in [0.25, 0.3) is 6.08 Å². The fraction of sp³-hybridized carbons (Fsp3) is 0.300. The van der Waals surface area contributed by atoms with E-state index in [-0.39, 0.29) is 5.57 Å². The van der Waals surface area contributed by atoms with Crippen LogP contribution in [-0.2, 0) is 4.79 Å². The second-order valence-electron chi connectivity index (χ2n) is 6.48. The summed E-state index contributed by atoms with van der Waals surface area (Å²) >= 11 is 0. The molecule has 1 amide bonds. The Morgan fingerprint density at radius 3 is 2.67 bits per heavy atom. The maximum absolute atomic E-state index is 12.3. The van der Waals surface area contributed by atoms with Crippen LogP contribution in [0.1, 0.15) is 41.9 Å². The molecule has 1 heterocycles. The van der Waals surface area contributed by atoms with Gasteiger partial charge in [-0.25, -0.2) is 0 Å². The van der Waals surface area contributed by atoms with Gasteiger partial charge in [0.15, 0.2) is 0 Å². The average molecular weight is 320 g/mol. The molecule has 0 radical (unpaired) electrons. The molecule has 0 spiro atoms. The first kappa shape index (κ1) is 16.1. The third-order valence-electron chi connectivity index (χ3n) is 4.54. The average Bonchev–Trinajstić information content (AvgIpc) is 3.09. The van der Waals surface area contributed by atoms with E-state index in [1.807, 2.05) is 44.2 Å². The lowest BCUT2D eigenvalue weighted by Crippen LogP contribution is -2.13. The topological polar surface area (TPSA) is 66.0 Å². The van der Waals surface area contributed by atoms with Crippen LogP contribution in [0.2, 0.25) is 0 Å². The van der Waals surface area contributed by atoms with Crippen LogP contribution >= 0.6 is 0 Å². The van der Waals surface area contributed by atoms with E-state index in [0.29, 0.717) is 23.3 Å². The summed E-state index contributed by atoms with van der Waals surface area (Å²) in [6, 6.07) is 11.3. The van der Waals surface area contributed by atoms with Gasteiger partial charge in [0.2, 0.25) is 0 Å². The Bertz CT molecular complexity index is 855. The zero-order valence-corrected chi connectivity index (χ0v) is 14.1. The van der Waals surface area contributed by atoms with E-state index in [1.54, 1.807) is 6.07 Å². The Balaban J connectivity index is 1.75. The molecule has 24 heavy (non-hydrogen) atoms. The predicted octanol–water partition coefficient (Wildman–Crippen LogP) is 4.57. The maximum Gasteiger partial charge on any atom is 0.266 e. The van der Waals surface area contributed by atoms with Crippen LogP contribution in [0.5, 0.6) is 0 Å². The van der Waals surface area contributed by atoms with Crippen LogP contribution in [0, 0.1) is 31.1 Å². The number of carbonyl (C=O) groups is 1. The molecule has 0 aliphatic heterocycles. The number of anilines is 1. The first-order valence-corrected chi connectivity index (χ1v) is 8.08. The van der Waals surface area contributed by atoms with Crippen molar-refractivity contribution in [2.24, 2.45) is 5.92 Å². The molecule has 2 aromatic rings. The maximum atomic E-state index is 12.3. The van der Waals surface area contributed by atoms with Crippen molar-refractivity contribution in [1.29, 1.82) is 5.26 Å². The van der Waals surface area contributed by atoms with Gasteiger partial charge in [0.25, 0.3) is 5.91 Å². The number of nitriles is 1. The highest BCUT2D eigenvalue weighted by atomic mass is 16.3. The summed E-state index contributed by atoms with van der Waals surface area (Å²) < 4.78 is 5.74. The van der Waals surface area contributed by atoms with Gasteiger partial charge in [0.05, 0.1) is 0 Å². The van der Waals surface area contributed by atoms with Crippen LogP contribution in [-0.4, -0.2) is 5.91 Å². The normalized spacial score (nSPS) is 19.7. The molecule has 1 aromatic heterocycles. The zero-order valence-electron chi connectivity index (χ0n) is 14.1. The van der Waals surface area contributed by atoms with Crippen molar-refractivity contribution in [1.82, 2.24) is 0 Å². The van der Waals surface area contributed by atoms with Crippen LogP contribution in [0.15, 0.2) is 40.3 Å². The molecule has 1 fully saturated rings. The third kappa shape index (κ3) is 3.41. The first-order valence-electron chi connectivity index (χ1n) is 8.08. The lowest BCUT2D eigenvalue weighted by Gasteiger charge is -2.06. The number of carbonyl (C=O) groups excluding carboxylic acids is 1. The fourth-order valence-electron chi connectivity index (χ4n) is 2.67. The molecule has 0 bridgehead atoms. The second-order valence-corrected chi connectivity index (χ2v) is 6.48. The molecule has 4 heteroatoms. The minimum atomic E-state index is -0.432. The summed E-state index contributed by atoms with van der Waals surface area (Å²) in [6.45, 7) is 6.17. The van der Waals surface area contributed by atoms with Crippen molar-refractivity contribution < 1.29 is 9.21 Å². The summed E-state index contributed by atoms with van der Waals surface area (Å²) in [5.74, 6) is 2.16. The number of nitrogens with zero attached hydrogens (tertiary/aromatic N) is 1. The molecule has 1 aliphatic carbocycles. The van der Waals surface area contributed by atoms with E-state index in [4.69, 9.17) is 4.42 Å². The Morgan fingerprint density at radius 2 is 2.04 bits per heavy atom. The monoisotopic (exact) mass is 320 g/mol. The Labute approximate surface area is 141 Å². The molecule has 1 N–H and O–H groups in total. The van der Waals surface area contributed by atoms with Gasteiger partial charge in [-0.3, -0.25) is 4.79 Å². The van der Waals surface area contributed by atoms with Gasteiger partial charge in [-0.05, 0) is 61.6 Å². The van der Waals surface area contributed by atoms with Crippen molar-refractivity contribution in [3.8, 4) is 6.07 Å². The molecular weight excluding hydrogens is 300 g/mol. The van der Waals surface area contributed by atoms with Crippen molar-refractivity contribution in [3.05, 3.63) is 58.6 Å². The molecule has 0 unspecified atom stereocenters. The molecule has 3 rings (SSSR count). The van der Waals surface area contributed by atoms with E-state index in [9.17, 15) is 10.1 Å². The van der Waals surface area contributed by atoms with Crippen molar-refractivity contribution in [2.75, 3.05) is 5.32 Å².